The number of benzene rings is 1. The fourth-order valence-corrected chi connectivity index (χ4v) is 3.19. The Bertz CT molecular complexity index is 678. The lowest BCUT2D eigenvalue weighted by Crippen LogP contribution is -2.30. The van der Waals surface area contributed by atoms with Crippen LogP contribution in [0.1, 0.15) is 24.8 Å². The van der Waals surface area contributed by atoms with Gasteiger partial charge in [-0.2, -0.15) is 0 Å². The van der Waals surface area contributed by atoms with Crippen LogP contribution in [0.4, 0.5) is 5.69 Å². The first-order valence-corrected chi connectivity index (χ1v) is 9.06. The summed E-state index contributed by atoms with van der Waals surface area (Å²) >= 11 is 1.63. The Morgan fingerprint density at radius 3 is 2.88 bits per heavy atom. The van der Waals surface area contributed by atoms with Crippen LogP contribution >= 0.6 is 11.3 Å². The maximum atomic E-state index is 12.2. The molecule has 1 aliphatic heterocycles. The minimum Gasteiger partial charge on any atom is -0.376 e. The van der Waals surface area contributed by atoms with Gasteiger partial charge in [0.1, 0.15) is 6.10 Å². The van der Waals surface area contributed by atoms with E-state index in [-0.39, 0.29) is 12.0 Å². The Morgan fingerprint density at radius 2 is 2.25 bits per heavy atom. The summed E-state index contributed by atoms with van der Waals surface area (Å²) in [6.45, 7) is 5.01. The van der Waals surface area contributed by atoms with Gasteiger partial charge in [-0.3, -0.25) is 4.79 Å². The molecular formula is C18H22N2O3S. The van der Waals surface area contributed by atoms with Crippen molar-refractivity contribution in [3.63, 3.8) is 0 Å². The fourth-order valence-electron chi connectivity index (χ4n) is 2.57. The molecular weight excluding hydrogens is 324 g/mol. The van der Waals surface area contributed by atoms with Gasteiger partial charge in [-0.05, 0) is 38.8 Å². The lowest BCUT2D eigenvalue weighted by Gasteiger charge is -2.16. The highest BCUT2D eigenvalue weighted by Crippen LogP contribution is 2.23. The molecule has 0 radical (unpaired) electrons. The molecule has 2 aromatic rings. The van der Waals surface area contributed by atoms with Crippen LogP contribution in [-0.2, 0) is 14.3 Å². The molecule has 1 N–H and O–H groups in total. The van der Waals surface area contributed by atoms with Gasteiger partial charge in [-0.1, -0.05) is 12.1 Å². The number of nitrogens with one attached hydrogen (secondary N) is 1. The van der Waals surface area contributed by atoms with Crippen LogP contribution in [0.2, 0.25) is 0 Å². The summed E-state index contributed by atoms with van der Waals surface area (Å²) in [6, 6.07) is 7.69. The standard InChI is InChI=1S/C18H22N2O3S/c1-12(23-10-16-4-3-9-22-16)18(21)20-15-7-5-14(6-8-15)17-11-24-13(2)19-17/h5-8,11-12,16H,3-4,9-10H2,1-2H3,(H,20,21)/t12-,16+/m0/s1. The molecule has 1 saturated heterocycles. The number of ether oxygens (including phenoxy) is 2. The third-order valence-corrected chi connectivity index (χ3v) is 4.77. The lowest BCUT2D eigenvalue weighted by atomic mass is 10.1. The second kappa shape index (κ2) is 7.88. The van der Waals surface area contributed by atoms with Gasteiger partial charge in [-0.15, -0.1) is 11.3 Å². The minimum absolute atomic E-state index is 0.126. The van der Waals surface area contributed by atoms with Gasteiger partial charge in [0.05, 0.1) is 23.4 Å². The van der Waals surface area contributed by atoms with E-state index < -0.39 is 6.10 Å². The zero-order valence-electron chi connectivity index (χ0n) is 14.0. The van der Waals surface area contributed by atoms with Crippen molar-refractivity contribution in [3.05, 3.63) is 34.7 Å². The molecule has 0 saturated carbocycles. The SMILES string of the molecule is Cc1nc(-c2ccc(NC(=O)[C@H](C)OC[C@H]3CCCO3)cc2)cs1. The molecule has 1 aromatic heterocycles. The predicted octanol–water partition coefficient (Wildman–Crippen LogP) is 3.64. The van der Waals surface area contributed by atoms with Gasteiger partial charge in [0.2, 0.25) is 0 Å². The normalized spacial score (nSPS) is 18.5. The number of amides is 1. The number of thiazole rings is 1. The average Bonchev–Trinajstić information content (AvgIpc) is 3.25. The molecule has 3 rings (SSSR count). The molecule has 0 aliphatic carbocycles. The number of rotatable bonds is 6. The number of carbonyl (C=O) groups excluding carboxylic acids is 1. The predicted molar refractivity (Wildman–Crippen MR) is 95.3 cm³/mol. The van der Waals surface area contributed by atoms with Crippen molar-refractivity contribution in [2.45, 2.75) is 38.9 Å². The first-order chi connectivity index (χ1) is 11.6. The van der Waals surface area contributed by atoms with E-state index in [1.165, 1.54) is 0 Å². The summed E-state index contributed by atoms with van der Waals surface area (Å²) in [5.41, 5.74) is 2.76. The Balaban J connectivity index is 1.52. The molecule has 2 atom stereocenters. The molecule has 1 fully saturated rings. The van der Waals surface area contributed by atoms with Crippen molar-refractivity contribution < 1.29 is 14.3 Å². The van der Waals surface area contributed by atoms with Crippen LogP contribution in [0.25, 0.3) is 11.3 Å². The van der Waals surface area contributed by atoms with Crippen molar-refractivity contribution in [2.24, 2.45) is 0 Å². The molecule has 1 aromatic carbocycles. The largest absolute Gasteiger partial charge is 0.376 e. The summed E-state index contributed by atoms with van der Waals surface area (Å²) in [5.74, 6) is -0.148. The zero-order chi connectivity index (χ0) is 16.9. The molecule has 128 valence electrons. The molecule has 1 amide bonds. The third kappa shape index (κ3) is 4.41. The van der Waals surface area contributed by atoms with Gasteiger partial charge >= 0.3 is 0 Å². The van der Waals surface area contributed by atoms with Crippen LogP contribution < -0.4 is 5.32 Å². The van der Waals surface area contributed by atoms with Crippen LogP contribution in [0, 0.1) is 6.92 Å². The van der Waals surface area contributed by atoms with E-state index in [0.717, 1.165) is 41.4 Å². The lowest BCUT2D eigenvalue weighted by molar-refractivity contribution is -0.128. The Hall–Kier alpha value is -1.76. The van der Waals surface area contributed by atoms with Crippen LogP contribution in [0.3, 0.4) is 0 Å². The Kier molecular flexibility index (Phi) is 5.60. The van der Waals surface area contributed by atoms with E-state index in [1.54, 1.807) is 18.3 Å². The van der Waals surface area contributed by atoms with Gasteiger partial charge in [-0.25, -0.2) is 4.98 Å². The second-order valence-corrected chi connectivity index (χ2v) is 6.99. The van der Waals surface area contributed by atoms with E-state index in [1.807, 2.05) is 36.6 Å². The van der Waals surface area contributed by atoms with E-state index in [0.29, 0.717) is 6.61 Å². The average molecular weight is 346 g/mol. The minimum atomic E-state index is -0.505. The smallest absolute Gasteiger partial charge is 0.253 e. The highest BCUT2D eigenvalue weighted by molar-refractivity contribution is 7.09. The summed E-state index contributed by atoms with van der Waals surface area (Å²) in [6.07, 6.45) is 1.70. The Labute approximate surface area is 146 Å². The molecule has 0 spiro atoms. The van der Waals surface area contributed by atoms with Crippen LogP contribution in [0.15, 0.2) is 29.6 Å². The topological polar surface area (TPSA) is 60.5 Å². The van der Waals surface area contributed by atoms with E-state index in [4.69, 9.17) is 9.47 Å². The van der Waals surface area contributed by atoms with Gasteiger partial charge < -0.3 is 14.8 Å². The highest BCUT2D eigenvalue weighted by Gasteiger charge is 2.20. The van der Waals surface area contributed by atoms with Crippen molar-refractivity contribution in [3.8, 4) is 11.3 Å². The monoisotopic (exact) mass is 346 g/mol. The first-order valence-electron chi connectivity index (χ1n) is 8.18. The quantitative estimate of drug-likeness (QED) is 0.867. The number of carbonyl (C=O) groups is 1. The Morgan fingerprint density at radius 1 is 1.46 bits per heavy atom. The molecule has 24 heavy (non-hydrogen) atoms. The number of aromatic nitrogens is 1. The molecule has 6 heteroatoms. The van der Waals surface area contributed by atoms with Crippen molar-refractivity contribution in [1.82, 2.24) is 4.98 Å². The summed E-state index contributed by atoms with van der Waals surface area (Å²) in [7, 11) is 0. The zero-order valence-corrected chi connectivity index (χ0v) is 14.8. The molecule has 1 aliphatic rings. The summed E-state index contributed by atoms with van der Waals surface area (Å²) < 4.78 is 11.1. The highest BCUT2D eigenvalue weighted by atomic mass is 32.1. The van der Waals surface area contributed by atoms with E-state index in [2.05, 4.69) is 10.3 Å². The van der Waals surface area contributed by atoms with Gasteiger partial charge in [0.15, 0.2) is 0 Å². The van der Waals surface area contributed by atoms with Gasteiger partial charge in [0, 0.05) is 23.2 Å². The molecule has 2 heterocycles. The maximum Gasteiger partial charge on any atom is 0.253 e. The number of nitrogens with zero attached hydrogens (tertiary/aromatic N) is 1. The number of hydrogen-bond acceptors (Lipinski definition) is 5. The van der Waals surface area contributed by atoms with Crippen molar-refractivity contribution in [1.29, 1.82) is 0 Å². The maximum absolute atomic E-state index is 12.2. The fraction of sp³-hybridized carbons (Fsp3) is 0.444. The number of aryl methyl sites for hydroxylation is 1. The molecule has 0 bridgehead atoms. The number of anilines is 1. The van der Waals surface area contributed by atoms with Crippen molar-refractivity contribution in [2.75, 3.05) is 18.5 Å². The van der Waals surface area contributed by atoms with E-state index >= 15 is 0 Å². The molecule has 5 nitrogen and oxygen atoms in total. The first kappa shape index (κ1) is 17.1. The molecule has 0 unspecified atom stereocenters. The van der Waals surface area contributed by atoms with E-state index in [9.17, 15) is 4.79 Å². The summed E-state index contributed by atoms with van der Waals surface area (Å²) in [4.78, 5) is 16.6. The second-order valence-electron chi connectivity index (χ2n) is 5.93. The summed E-state index contributed by atoms with van der Waals surface area (Å²) in [5, 5.41) is 5.95. The van der Waals surface area contributed by atoms with Crippen LogP contribution in [-0.4, -0.2) is 36.3 Å². The van der Waals surface area contributed by atoms with Crippen molar-refractivity contribution >= 4 is 22.9 Å². The van der Waals surface area contributed by atoms with Crippen LogP contribution in [0.5, 0.6) is 0 Å². The third-order valence-electron chi connectivity index (χ3n) is 3.99. The van der Waals surface area contributed by atoms with Gasteiger partial charge in [0.25, 0.3) is 5.91 Å². The number of hydrogen-bond donors (Lipinski definition) is 1.